The maximum Gasteiger partial charge on any atom is 0.410 e. The molecule has 2 aliphatic heterocycles. The van der Waals surface area contributed by atoms with Crippen LogP contribution in [0.2, 0.25) is 0 Å². The lowest BCUT2D eigenvalue weighted by Gasteiger charge is -2.37. The summed E-state index contributed by atoms with van der Waals surface area (Å²) in [6, 6.07) is 15.8. The van der Waals surface area contributed by atoms with Crippen LogP contribution in [0.5, 0.6) is 11.5 Å². The molecule has 0 saturated carbocycles. The molecule has 244 valence electrons. The summed E-state index contributed by atoms with van der Waals surface area (Å²) < 4.78 is 30.3. The van der Waals surface area contributed by atoms with Crippen molar-refractivity contribution in [2.45, 2.75) is 64.3 Å². The number of imidazole rings is 1. The Bertz CT molecular complexity index is 1710. The van der Waals surface area contributed by atoms with Gasteiger partial charge in [-0.05, 0) is 95.3 Å². The van der Waals surface area contributed by atoms with Crippen LogP contribution >= 0.6 is 0 Å². The molecule has 2 atom stereocenters. The topological polar surface area (TPSA) is 121 Å². The van der Waals surface area contributed by atoms with Crippen LogP contribution in [0.4, 0.5) is 15.0 Å². The molecule has 4 aromatic rings. The minimum Gasteiger partial charge on any atom is -0.457 e. The first kappa shape index (κ1) is 31.5. The van der Waals surface area contributed by atoms with Crippen molar-refractivity contribution in [3.8, 4) is 17.2 Å². The maximum atomic E-state index is 15.9. The average Bonchev–Trinajstić information content (AvgIpc) is 3.33. The van der Waals surface area contributed by atoms with Crippen LogP contribution in [0.1, 0.15) is 52.5 Å². The molecule has 0 bridgehead atoms. The van der Waals surface area contributed by atoms with E-state index in [2.05, 4.69) is 14.9 Å². The molecule has 12 heteroatoms. The summed E-state index contributed by atoms with van der Waals surface area (Å²) in [5.74, 6) is 1.93. The van der Waals surface area contributed by atoms with Crippen molar-refractivity contribution in [2.75, 3.05) is 38.5 Å². The van der Waals surface area contributed by atoms with Crippen molar-refractivity contribution in [3.05, 3.63) is 71.4 Å². The predicted octanol–water partition coefficient (Wildman–Crippen LogP) is 5.58. The van der Waals surface area contributed by atoms with Gasteiger partial charge in [-0.3, -0.25) is 9.13 Å². The highest BCUT2D eigenvalue weighted by Gasteiger charge is 2.35. The number of benzene rings is 2. The number of fused-ring (bicyclic) bond motifs is 1. The number of anilines is 1. The zero-order valence-electron chi connectivity index (χ0n) is 26.6. The van der Waals surface area contributed by atoms with E-state index in [0.717, 1.165) is 25.8 Å². The second kappa shape index (κ2) is 13.1. The van der Waals surface area contributed by atoms with E-state index in [4.69, 9.17) is 15.2 Å². The quantitative estimate of drug-likeness (QED) is 0.281. The Morgan fingerprint density at radius 2 is 1.67 bits per heavy atom. The summed E-state index contributed by atoms with van der Waals surface area (Å²) in [4.78, 5) is 38.8. The Balaban J connectivity index is 1.12. The number of ether oxygens (including phenoxy) is 2. The summed E-state index contributed by atoms with van der Waals surface area (Å²) in [5, 5.41) is 0. The fourth-order valence-electron chi connectivity index (χ4n) is 6.44. The van der Waals surface area contributed by atoms with Crippen molar-refractivity contribution >= 4 is 23.1 Å². The summed E-state index contributed by atoms with van der Waals surface area (Å²) in [5.41, 5.74) is 6.60. The van der Waals surface area contributed by atoms with Crippen LogP contribution in [0, 0.1) is 5.92 Å². The molecule has 2 aromatic heterocycles. The molecule has 2 aromatic carbocycles. The van der Waals surface area contributed by atoms with Gasteiger partial charge in [0.15, 0.2) is 11.5 Å². The van der Waals surface area contributed by atoms with Gasteiger partial charge in [-0.25, -0.2) is 23.9 Å². The summed E-state index contributed by atoms with van der Waals surface area (Å²) >= 11 is 0. The SMILES string of the molecule is CC(C)(C)OC(=O)N1CCC(CCN2CC[C@@H](n3c(=O)n(-c4ccc(Oc5ccccc5)cc4)c4c(N)ncnc43)[C@H](F)C2)CC1. The normalized spacial score (nSPS) is 19.8. The monoisotopic (exact) mass is 631 g/mol. The number of nitrogens with zero attached hydrogens (tertiary/aromatic N) is 6. The van der Waals surface area contributed by atoms with E-state index >= 15 is 4.39 Å². The Kier molecular flexibility index (Phi) is 8.99. The lowest BCUT2D eigenvalue weighted by Crippen LogP contribution is -2.46. The lowest BCUT2D eigenvalue weighted by molar-refractivity contribution is 0.0172. The molecule has 0 unspecified atom stereocenters. The van der Waals surface area contributed by atoms with Crippen LogP contribution in [0.15, 0.2) is 65.7 Å². The van der Waals surface area contributed by atoms with Gasteiger partial charge < -0.3 is 25.0 Å². The minimum absolute atomic E-state index is 0.149. The van der Waals surface area contributed by atoms with Crippen LogP contribution < -0.4 is 16.2 Å². The van der Waals surface area contributed by atoms with Gasteiger partial charge in [-0.2, -0.15) is 0 Å². The smallest absolute Gasteiger partial charge is 0.410 e. The van der Waals surface area contributed by atoms with Gasteiger partial charge in [0.05, 0.1) is 11.7 Å². The van der Waals surface area contributed by atoms with Crippen molar-refractivity contribution in [1.82, 2.24) is 28.9 Å². The van der Waals surface area contributed by atoms with Crippen LogP contribution in [-0.2, 0) is 4.74 Å². The second-order valence-corrected chi connectivity index (χ2v) is 13.2. The molecule has 2 aliphatic rings. The van der Waals surface area contributed by atoms with Gasteiger partial charge >= 0.3 is 11.8 Å². The van der Waals surface area contributed by atoms with Gasteiger partial charge in [-0.1, -0.05) is 18.2 Å². The molecule has 2 N–H and O–H groups in total. The van der Waals surface area contributed by atoms with Gasteiger partial charge in [0.25, 0.3) is 0 Å². The zero-order valence-corrected chi connectivity index (χ0v) is 26.6. The first-order valence-electron chi connectivity index (χ1n) is 16.0. The number of alkyl halides is 1. The molecular formula is C34H42FN7O4. The fourth-order valence-corrected chi connectivity index (χ4v) is 6.44. The molecule has 2 fully saturated rings. The fraction of sp³-hybridized carbons (Fsp3) is 0.471. The van der Waals surface area contributed by atoms with Crippen molar-refractivity contribution < 1.29 is 18.7 Å². The minimum atomic E-state index is -1.27. The van der Waals surface area contributed by atoms with E-state index < -0.39 is 23.5 Å². The molecule has 2 saturated heterocycles. The lowest BCUT2D eigenvalue weighted by atomic mass is 9.93. The Hall–Kier alpha value is -4.45. The molecule has 1 amide bonds. The highest BCUT2D eigenvalue weighted by atomic mass is 19.1. The number of para-hydroxylation sites is 1. The third-order valence-corrected chi connectivity index (χ3v) is 8.80. The molecule has 0 radical (unpaired) electrons. The van der Waals surface area contributed by atoms with Gasteiger partial charge in [0, 0.05) is 26.2 Å². The predicted molar refractivity (Wildman–Crippen MR) is 174 cm³/mol. The van der Waals surface area contributed by atoms with Crippen LogP contribution in [-0.4, -0.2) is 79.5 Å². The molecule has 46 heavy (non-hydrogen) atoms. The zero-order chi connectivity index (χ0) is 32.4. The van der Waals surface area contributed by atoms with E-state index in [0.29, 0.717) is 60.3 Å². The molecule has 0 spiro atoms. The third-order valence-electron chi connectivity index (χ3n) is 8.80. The van der Waals surface area contributed by atoms with Crippen LogP contribution in [0.3, 0.4) is 0 Å². The summed E-state index contributed by atoms with van der Waals surface area (Å²) in [7, 11) is 0. The van der Waals surface area contributed by atoms with Crippen molar-refractivity contribution in [2.24, 2.45) is 5.92 Å². The largest absolute Gasteiger partial charge is 0.457 e. The molecule has 11 nitrogen and oxygen atoms in total. The number of amides is 1. The number of carbonyl (C=O) groups is 1. The van der Waals surface area contributed by atoms with Gasteiger partial charge in [-0.15, -0.1) is 0 Å². The van der Waals surface area contributed by atoms with E-state index in [1.165, 1.54) is 15.5 Å². The number of nitrogens with two attached hydrogens (primary N) is 1. The van der Waals surface area contributed by atoms with Crippen molar-refractivity contribution in [3.63, 3.8) is 0 Å². The van der Waals surface area contributed by atoms with Crippen LogP contribution in [0.25, 0.3) is 16.9 Å². The van der Waals surface area contributed by atoms with Gasteiger partial charge in [0.2, 0.25) is 0 Å². The first-order valence-corrected chi connectivity index (χ1v) is 16.0. The average molecular weight is 632 g/mol. The third kappa shape index (κ3) is 6.86. The maximum absolute atomic E-state index is 15.9. The Labute approximate surface area is 267 Å². The number of likely N-dealkylation sites (tertiary alicyclic amines) is 2. The Morgan fingerprint density at radius 1 is 0.978 bits per heavy atom. The molecule has 6 rings (SSSR count). The van der Waals surface area contributed by atoms with E-state index in [-0.39, 0.29) is 18.5 Å². The van der Waals surface area contributed by atoms with Gasteiger partial charge in [0.1, 0.15) is 35.1 Å². The number of rotatable bonds is 7. The molecular weight excluding hydrogens is 589 g/mol. The van der Waals surface area contributed by atoms with E-state index in [1.54, 1.807) is 29.2 Å². The first-order chi connectivity index (χ1) is 22.1. The molecule has 0 aliphatic carbocycles. The summed E-state index contributed by atoms with van der Waals surface area (Å²) in [6.45, 7) is 8.63. The highest BCUT2D eigenvalue weighted by Crippen LogP contribution is 2.31. The number of hydrogen-bond donors (Lipinski definition) is 1. The number of nitrogen functional groups attached to an aromatic ring is 1. The van der Waals surface area contributed by atoms with Crippen molar-refractivity contribution in [1.29, 1.82) is 0 Å². The standard InChI is InChI=1S/C34H42FN7O4/c1-34(2,3)46-33(44)40-19-14-23(15-20-40)13-17-39-18-16-28(27(35)21-39)42-31-29(30(36)37-22-38-31)41(32(42)43)24-9-11-26(12-10-24)45-25-7-5-4-6-8-25/h4-12,22-23,27-28H,13-21H2,1-3H3,(H2,36,37,38)/t27-,28-/m1/s1. The number of piperidine rings is 2. The Morgan fingerprint density at radius 3 is 2.35 bits per heavy atom. The number of halogens is 1. The number of carbonyl (C=O) groups excluding carboxylic acids is 1. The van der Waals surface area contributed by atoms with E-state index in [1.807, 2.05) is 51.1 Å². The number of hydrogen-bond acceptors (Lipinski definition) is 8. The molecule has 4 heterocycles. The number of aromatic nitrogens is 4. The highest BCUT2D eigenvalue weighted by molar-refractivity contribution is 5.84. The van der Waals surface area contributed by atoms with E-state index in [9.17, 15) is 9.59 Å². The second-order valence-electron chi connectivity index (χ2n) is 13.2. The summed E-state index contributed by atoms with van der Waals surface area (Å²) in [6.07, 6.45) is 3.00.